The van der Waals surface area contributed by atoms with Crippen molar-refractivity contribution < 1.29 is 0 Å². The molecule has 0 unspecified atom stereocenters. The van der Waals surface area contributed by atoms with Crippen LogP contribution in [0.4, 0.5) is 17.5 Å². The summed E-state index contributed by atoms with van der Waals surface area (Å²) in [6, 6.07) is 0. The van der Waals surface area contributed by atoms with Crippen molar-refractivity contribution in [1.29, 1.82) is 0 Å². The predicted molar refractivity (Wildman–Crippen MR) is 47.7 cm³/mol. The Morgan fingerprint density at radius 2 is 2.42 bits per heavy atom. The molecule has 3 N–H and O–H groups in total. The molecule has 1 aliphatic heterocycles. The Bertz CT molecular complexity index is 344. The van der Waals surface area contributed by atoms with Crippen molar-refractivity contribution in [2.75, 3.05) is 17.6 Å². The summed E-state index contributed by atoms with van der Waals surface area (Å²) in [5.74, 6) is 0.990. The SMILES string of the molecule is CC1=Nc2cnc(N)nc2NC1. The quantitative estimate of drug-likeness (QED) is 0.586. The summed E-state index contributed by atoms with van der Waals surface area (Å²) in [4.78, 5) is 12.1. The van der Waals surface area contributed by atoms with Gasteiger partial charge in [-0.05, 0) is 6.92 Å². The molecule has 0 saturated carbocycles. The maximum atomic E-state index is 5.41. The average molecular weight is 163 g/mol. The second-order valence-electron chi connectivity index (χ2n) is 2.66. The highest BCUT2D eigenvalue weighted by atomic mass is 15.1. The van der Waals surface area contributed by atoms with Gasteiger partial charge in [-0.2, -0.15) is 4.98 Å². The first-order valence-corrected chi connectivity index (χ1v) is 3.66. The molecule has 0 radical (unpaired) electrons. The zero-order chi connectivity index (χ0) is 8.55. The van der Waals surface area contributed by atoms with E-state index in [1.807, 2.05) is 6.92 Å². The van der Waals surface area contributed by atoms with Crippen LogP contribution in [-0.2, 0) is 0 Å². The Hall–Kier alpha value is -1.65. The van der Waals surface area contributed by atoms with Gasteiger partial charge in [0, 0.05) is 5.71 Å². The molecule has 12 heavy (non-hydrogen) atoms. The fraction of sp³-hybridized carbons (Fsp3) is 0.286. The minimum absolute atomic E-state index is 0.274. The molecule has 0 aliphatic carbocycles. The van der Waals surface area contributed by atoms with Crippen LogP contribution in [0.3, 0.4) is 0 Å². The highest BCUT2D eigenvalue weighted by molar-refractivity contribution is 5.92. The van der Waals surface area contributed by atoms with Gasteiger partial charge in [-0.25, -0.2) is 4.98 Å². The molecule has 0 amide bonds. The summed E-state index contributed by atoms with van der Waals surface area (Å²) in [6.45, 7) is 2.68. The molecular weight excluding hydrogens is 154 g/mol. The van der Waals surface area contributed by atoms with Gasteiger partial charge < -0.3 is 11.1 Å². The van der Waals surface area contributed by atoms with E-state index >= 15 is 0 Å². The highest BCUT2D eigenvalue weighted by Crippen LogP contribution is 2.24. The fourth-order valence-corrected chi connectivity index (χ4v) is 1.06. The molecule has 62 valence electrons. The lowest BCUT2D eigenvalue weighted by Crippen LogP contribution is -2.16. The Morgan fingerprint density at radius 1 is 1.58 bits per heavy atom. The van der Waals surface area contributed by atoms with Gasteiger partial charge in [0.15, 0.2) is 5.82 Å². The molecule has 0 atom stereocenters. The highest BCUT2D eigenvalue weighted by Gasteiger charge is 2.09. The second-order valence-corrected chi connectivity index (χ2v) is 2.66. The van der Waals surface area contributed by atoms with Crippen molar-refractivity contribution >= 4 is 23.2 Å². The van der Waals surface area contributed by atoms with Gasteiger partial charge in [0.25, 0.3) is 0 Å². The number of rotatable bonds is 0. The first-order valence-electron chi connectivity index (χ1n) is 3.66. The number of nitrogens with zero attached hydrogens (tertiary/aromatic N) is 3. The first kappa shape index (κ1) is 7.02. The molecule has 0 aromatic carbocycles. The summed E-state index contributed by atoms with van der Waals surface area (Å²) in [5, 5.41) is 3.09. The maximum Gasteiger partial charge on any atom is 0.222 e. The van der Waals surface area contributed by atoms with Gasteiger partial charge in [-0.15, -0.1) is 0 Å². The van der Waals surface area contributed by atoms with Crippen molar-refractivity contribution in [2.24, 2.45) is 4.99 Å². The van der Waals surface area contributed by atoms with Gasteiger partial charge in [0.2, 0.25) is 5.95 Å². The van der Waals surface area contributed by atoms with Gasteiger partial charge in [0.05, 0.1) is 12.7 Å². The van der Waals surface area contributed by atoms with E-state index in [0.717, 1.165) is 17.9 Å². The number of hydrogen-bond donors (Lipinski definition) is 2. The molecule has 0 saturated heterocycles. The smallest absolute Gasteiger partial charge is 0.222 e. The molecule has 5 nitrogen and oxygen atoms in total. The largest absolute Gasteiger partial charge is 0.368 e. The third-order valence-corrected chi connectivity index (χ3v) is 1.61. The molecule has 2 rings (SSSR count). The van der Waals surface area contributed by atoms with E-state index in [1.165, 1.54) is 0 Å². The summed E-state index contributed by atoms with van der Waals surface area (Å²) in [7, 11) is 0. The van der Waals surface area contributed by atoms with E-state index in [9.17, 15) is 0 Å². The Kier molecular flexibility index (Phi) is 1.43. The molecule has 1 aromatic heterocycles. The number of anilines is 2. The van der Waals surface area contributed by atoms with E-state index in [2.05, 4.69) is 20.3 Å². The standard InChI is InChI=1S/C7H9N5/c1-4-2-9-6-5(11-4)3-10-7(8)12-6/h3H,2H2,1H3,(H3,8,9,10,12). The molecule has 0 spiro atoms. The van der Waals surface area contributed by atoms with E-state index in [-0.39, 0.29) is 5.95 Å². The van der Waals surface area contributed by atoms with Gasteiger partial charge in [-0.3, -0.25) is 4.99 Å². The fourth-order valence-electron chi connectivity index (χ4n) is 1.06. The van der Waals surface area contributed by atoms with Crippen LogP contribution in [0.1, 0.15) is 6.92 Å². The minimum Gasteiger partial charge on any atom is -0.368 e. The molecule has 2 heterocycles. The Morgan fingerprint density at radius 3 is 3.25 bits per heavy atom. The third kappa shape index (κ3) is 1.09. The van der Waals surface area contributed by atoms with E-state index in [1.54, 1.807) is 6.20 Å². The number of nitrogens with one attached hydrogen (secondary N) is 1. The van der Waals surface area contributed by atoms with Crippen LogP contribution in [0, 0.1) is 0 Å². The van der Waals surface area contributed by atoms with Crippen molar-refractivity contribution in [3.8, 4) is 0 Å². The minimum atomic E-state index is 0.274. The number of nitrogens with two attached hydrogens (primary N) is 1. The van der Waals surface area contributed by atoms with Crippen LogP contribution in [0.15, 0.2) is 11.2 Å². The van der Waals surface area contributed by atoms with E-state index in [4.69, 9.17) is 5.73 Å². The van der Waals surface area contributed by atoms with Gasteiger partial charge in [-0.1, -0.05) is 0 Å². The van der Waals surface area contributed by atoms with Crippen LogP contribution in [0.25, 0.3) is 0 Å². The Balaban J connectivity index is 2.51. The van der Waals surface area contributed by atoms with Crippen molar-refractivity contribution in [1.82, 2.24) is 9.97 Å². The van der Waals surface area contributed by atoms with Crippen molar-refractivity contribution in [3.05, 3.63) is 6.20 Å². The predicted octanol–water partition coefficient (Wildman–Crippen LogP) is 0.577. The lowest BCUT2D eigenvalue weighted by Gasteiger charge is -2.13. The summed E-state index contributed by atoms with van der Waals surface area (Å²) < 4.78 is 0. The molecular formula is C7H9N5. The molecule has 1 aromatic rings. The molecule has 5 heteroatoms. The number of fused-ring (bicyclic) bond motifs is 1. The van der Waals surface area contributed by atoms with Crippen molar-refractivity contribution in [2.45, 2.75) is 6.92 Å². The first-order chi connectivity index (χ1) is 5.75. The molecule has 0 bridgehead atoms. The zero-order valence-corrected chi connectivity index (χ0v) is 6.70. The maximum absolute atomic E-state index is 5.41. The third-order valence-electron chi connectivity index (χ3n) is 1.61. The summed E-state index contributed by atoms with van der Waals surface area (Å²) in [6.07, 6.45) is 1.62. The van der Waals surface area contributed by atoms with Gasteiger partial charge in [0.1, 0.15) is 5.69 Å². The van der Waals surface area contributed by atoms with E-state index in [0.29, 0.717) is 5.82 Å². The van der Waals surface area contributed by atoms with Crippen LogP contribution in [0.5, 0.6) is 0 Å². The monoisotopic (exact) mass is 163 g/mol. The molecule has 0 fully saturated rings. The number of aliphatic imine (C=N–C) groups is 1. The van der Waals surface area contributed by atoms with Gasteiger partial charge >= 0.3 is 0 Å². The van der Waals surface area contributed by atoms with E-state index < -0.39 is 0 Å². The summed E-state index contributed by atoms with van der Waals surface area (Å²) in [5.41, 5.74) is 7.19. The summed E-state index contributed by atoms with van der Waals surface area (Å²) >= 11 is 0. The van der Waals surface area contributed by atoms with Crippen LogP contribution >= 0.6 is 0 Å². The number of hydrogen-bond acceptors (Lipinski definition) is 5. The average Bonchev–Trinajstić information content (AvgIpc) is 2.05. The second kappa shape index (κ2) is 2.44. The lowest BCUT2D eigenvalue weighted by molar-refractivity contribution is 1.13. The number of aromatic nitrogens is 2. The van der Waals surface area contributed by atoms with Crippen LogP contribution in [0.2, 0.25) is 0 Å². The zero-order valence-electron chi connectivity index (χ0n) is 6.70. The number of nitrogen functional groups attached to an aromatic ring is 1. The normalized spacial score (nSPS) is 14.6. The van der Waals surface area contributed by atoms with Crippen LogP contribution in [-0.4, -0.2) is 22.2 Å². The lowest BCUT2D eigenvalue weighted by atomic mass is 10.3. The molecule has 1 aliphatic rings. The van der Waals surface area contributed by atoms with Crippen LogP contribution < -0.4 is 11.1 Å². The van der Waals surface area contributed by atoms with Crippen molar-refractivity contribution in [3.63, 3.8) is 0 Å². The topological polar surface area (TPSA) is 76.2 Å². The Labute approximate surface area is 69.7 Å².